The summed E-state index contributed by atoms with van der Waals surface area (Å²) in [4.78, 5) is 4.79. The van der Waals surface area contributed by atoms with E-state index < -0.39 is 0 Å². The molecule has 3 atom stereocenters. The van der Waals surface area contributed by atoms with Gasteiger partial charge in [0, 0.05) is 43.3 Å². The van der Waals surface area contributed by atoms with E-state index in [1.807, 2.05) is 6.07 Å². The number of nitrogens with two attached hydrogens (primary N) is 1. The Bertz CT molecular complexity index is 476. The van der Waals surface area contributed by atoms with Gasteiger partial charge in [-0.3, -0.25) is 0 Å². The second-order valence-electron chi connectivity index (χ2n) is 5.84. The van der Waals surface area contributed by atoms with Gasteiger partial charge in [-0.25, -0.2) is 0 Å². The maximum atomic E-state index is 6.52. The zero-order valence-electron chi connectivity index (χ0n) is 12.0. The molecule has 0 spiro atoms. The molecule has 0 aliphatic carbocycles. The molecule has 1 fully saturated rings. The van der Waals surface area contributed by atoms with E-state index in [1.165, 1.54) is 17.7 Å². The van der Waals surface area contributed by atoms with Crippen LogP contribution in [-0.2, 0) is 0 Å². The van der Waals surface area contributed by atoms with Gasteiger partial charge in [0.15, 0.2) is 0 Å². The standard InChI is InChI=1S/C15H23N3O/c1-17-7-6-13-12(9-17)15(16)11-5-4-10(19-3)8-14(11)18(13)2/h4-5,8,12-13,15H,6-7,9,16H2,1-3H3. The van der Waals surface area contributed by atoms with Crippen molar-refractivity contribution in [3.63, 3.8) is 0 Å². The van der Waals surface area contributed by atoms with E-state index in [-0.39, 0.29) is 6.04 Å². The number of likely N-dealkylation sites (tertiary alicyclic amines) is 1. The van der Waals surface area contributed by atoms with E-state index in [2.05, 4.69) is 36.0 Å². The number of piperidine rings is 1. The Kier molecular flexibility index (Phi) is 3.15. The monoisotopic (exact) mass is 261 g/mol. The molecule has 2 heterocycles. The number of hydrogen-bond donors (Lipinski definition) is 1. The van der Waals surface area contributed by atoms with E-state index in [4.69, 9.17) is 10.5 Å². The molecule has 0 aromatic heterocycles. The molecular formula is C15H23N3O. The van der Waals surface area contributed by atoms with Gasteiger partial charge in [0.2, 0.25) is 0 Å². The molecule has 0 bridgehead atoms. The Hall–Kier alpha value is -1.26. The largest absolute Gasteiger partial charge is 0.497 e. The minimum Gasteiger partial charge on any atom is -0.497 e. The molecule has 0 amide bonds. The average Bonchev–Trinajstić information content (AvgIpc) is 2.44. The van der Waals surface area contributed by atoms with Crippen LogP contribution < -0.4 is 15.4 Å². The molecular weight excluding hydrogens is 238 g/mol. The van der Waals surface area contributed by atoms with E-state index in [9.17, 15) is 0 Å². The molecule has 2 N–H and O–H groups in total. The van der Waals surface area contributed by atoms with Crippen LogP contribution in [0, 0.1) is 5.92 Å². The van der Waals surface area contributed by atoms with Gasteiger partial charge < -0.3 is 20.3 Å². The van der Waals surface area contributed by atoms with Crippen LogP contribution in [0.2, 0.25) is 0 Å². The summed E-state index contributed by atoms with van der Waals surface area (Å²) in [6, 6.07) is 6.93. The summed E-state index contributed by atoms with van der Waals surface area (Å²) < 4.78 is 5.34. The average molecular weight is 261 g/mol. The molecule has 3 unspecified atom stereocenters. The number of benzene rings is 1. The molecule has 0 saturated carbocycles. The van der Waals surface area contributed by atoms with Crippen molar-refractivity contribution in [1.29, 1.82) is 0 Å². The lowest BCUT2D eigenvalue weighted by atomic mass is 9.78. The van der Waals surface area contributed by atoms with Gasteiger partial charge in [-0.05, 0) is 31.6 Å². The van der Waals surface area contributed by atoms with Gasteiger partial charge in [-0.2, -0.15) is 0 Å². The maximum absolute atomic E-state index is 6.52. The van der Waals surface area contributed by atoms with E-state index in [0.717, 1.165) is 18.8 Å². The molecule has 1 aromatic carbocycles. The lowest BCUT2D eigenvalue weighted by molar-refractivity contribution is 0.154. The van der Waals surface area contributed by atoms with Crippen LogP contribution in [0.3, 0.4) is 0 Å². The normalized spacial score (nSPS) is 30.7. The second-order valence-corrected chi connectivity index (χ2v) is 5.84. The Morgan fingerprint density at radius 1 is 1.32 bits per heavy atom. The SMILES string of the molecule is COc1ccc2c(c1)N(C)C1CCN(C)CC1C2N. The second kappa shape index (κ2) is 4.69. The summed E-state index contributed by atoms with van der Waals surface area (Å²) >= 11 is 0. The van der Waals surface area contributed by atoms with Crippen molar-refractivity contribution in [1.82, 2.24) is 4.90 Å². The minimum absolute atomic E-state index is 0.129. The van der Waals surface area contributed by atoms with Crippen LogP contribution in [-0.4, -0.2) is 45.2 Å². The van der Waals surface area contributed by atoms with Gasteiger partial charge in [0.25, 0.3) is 0 Å². The molecule has 0 radical (unpaired) electrons. The first-order valence-electron chi connectivity index (χ1n) is 6.96. The van der Waals surface area contributed by atoms with Gasteiger partial charge in [0.05, 0.1) is 7.11 Å². The number of anilines is 1. The summed E-state index contributed by atoms with van der Waals surface area (Å²) in [7, 11) is 6.09. The summed E-state index contributed by atoms with van der Waals surface area (Å²) in [5.74, 6) is 1.42. The Morgan fingerprint density at radius 3 is 2.84 bits per heavy atom. The molecule has 4 heteroatoms. The van der Waals surface area contributed by atoms with E-state index in [1.54, 1.807) is 7.11 Å². The first kappa shape index (κ1) is 12.8. The molecule has 104 valence electrons. The first-order chi connectivity index (χ1) is 9.11. The van der Waals surface area contributed by atoms with E-state index in [0.29, 0.717) is 12.0 Å². The summed E-state index contributed by atoms with van der Waals surface area (Å²) in [6.07, 6.45) is 1.18. The van der Waals surface area contributed by atoms with Gasteiger partial charge >= 0.3 is 0 Å². The van der Waals surface area contributed by atoms with Crippen molar-refractivity contribution in [2.24, 2.45) is 11.7 Å². The molecule has 1 saturated heterocycles. The lowest BCUT2D eigenvalue weighted by Gasteiger charge is -2.49. The maximum Gasteiger partial charge on any atom is 0.120 e. The number of ether oxygens (including phenoxy) is 1. The fourth-order valence-electron chi connectivity index (χ4n) is 3.62. The molecule has 1 aromatic rings. The molecule has 3 rings (SSSR count). The van der Waals surface area contributed by atoms with Crippen LogP contribution in [0.4, 0.5) is 5.69 Å². The van der Waals surface area contributed by atoms with Crippen molar-refractivity contribution in [2.75, 3.05) is 39.2 Å². The number of nitrogens with zero attached hydrogens (tertiary/aromatic N) is 2. The Morgan fingerprint density at radius 2 is 2.11 bits per heavy atom. The summed E-state index contributed by atoms with van der Waals surface area (Å²) in [6.45, 7) is 2.24. The topological polar surface area (TPSA) is 41.7 Å². The van der Waals surface area contributed by atoms with Crippen LogP contribution in [0.15, 0.2) is 18.2 Å². The number of methoxy groups -OCH3 is 1. The van der Waals surface area contributed by atoms with Crippen molar-refractivity contribution in [3.05, 3.63) is 23.8 Å². The fraction of sp³-hybridized carbons (Fsp3) is 0.600. The van der Waals surface area contributed by atoms with E-state index >= 15 is 0 Å². The molecule has 2 aliphatic rings. The van der Waals surface area contributed by atoms with Gasteiger partial charge in [-0.1, -0.05) is 6.07 Å². The van der Waals surface area contributed by atoms with Crippen molar-refractivity contribution < 1.29 is 4.74 Å². The third kappa shape index (κ3) is 1.99. The first-order valence-corrected chi connectivity index (χ1v) is 6.96. The highest BCUT2D eigenvalue weighted by molar-refractivity contribution is 5.61. The zero-order valence-corrected chi connectivity index (χ0v) is 12.0. The van der Waals surface area contributed by atoms with Crippen LogP contribution in [0.1, 0.15) is 18.0 Å². The van der Waals surface area contributed by atoms with Crippen LogP contribution >= 0.6 is 0 Å². The van der Waals surface area contributed by atoms with Crippen LogP contribution in [0.25, 0.3) is 0 Å². The highest BCUT2D eigenvalue weighted by atomic mass is 16.5. The van der Waals surface area contributed by atoms with Crippen LogP contribution in [0.5, 0.6) is 5.75 Å². The highest BCUT2D eigenvalue weighted by Crippen LogP contribution is 2.42. The molecule has 4 nitrogen and oxygen atoms in total. The highest BCUT2D eigenvalue weighted by Gasteiger charge is 2.40. The number of hydrogen-bond acceptors (Lipinski definition) is 4. The lowest BCUT2D eigenvalue weighted by Crippen LogP contribution is -2.55. The number of rotatable bonds is 1. The van der Waals surface area contributed by atoms with Crippen molar-refractivity contribution in [2.45, 2.75) is 18.5 Å². The predicted molar refractivity (Wildman–Crippen MR) is 77.7 cm³/mol. The minimum atomic E-state index is 0.129. The summed E-state index contributed by atoms with van der Waals surface area (Å²) in [5.41, 5.74) is 9.01. The Balaban J connectivity index is 2.01. The van der Waals surface area contributed by atoms with Gasteiger partial charge in [-0.15, -0.1) is 0 Å². The zero-order chi connectivity index (χ0) is 13.6. The fourth-order valence-corrected chi connectivity index (χ4v) is 3.62. The van der Waals surface area contributed by atoms with Crippen molar-refractivity contribution in [3.8, 4) is 5.75 Å². The number of fused-ring (bicyclic) bond motifs is 2. The summed E-state index contributed by atoms with van der Waals surface area (Å²) in [5, 5.41) is 0. The quantitative estimate of drug-likeness (QED) is 0.831. The van der Waals surface area contributed by atoms with Gasteiger partial charge in [0.1, 0.15) is 5.75 Å². The third-order valence-corrected chi connectivity index (χ3v) is 4.76. The van der Waals surface area contributed by atoms with Crippen molar-refractivity contribution >= 4 is 5.69 Å². The predicted octanol–water partition coefficient (Wildman–Crippen LogP) is 1.47. The smallest absolute Gasteiger partial charge is 0.120 e. The Labute approximate surface area is 115 Å². The molecule has 19 heavy (non-hydrogen) atoms. The third-order valence-electron chi connectivity index (χ3n) is 4.76. The molecule has 2 aliphatic heterocycles.